The highest BCUT2D eigenvalue weighted by Crippen LogP contribution is 2.41. The van der Waals surface area contributed by atoms with E-state index in [4.69, 9.17) is 25.8 Å². The lowest BCUT2D eigenvalue weighted by atomic mass is 9.95. The number of piperazine rings is 1. The Morgan fingerprint density at radius 3 is 2.83 bits per heavy atom. The zero-order chi connectivity index (χ0) is 36.0. The number of amides is 1. The Hall–Kier alpha value is -5.26. The Bertz CT molecular complexity index is 2260. The molecule has 3 aromatic heterocycles. The molecule has 3 saturated heterocycles. The number of aromatic nitrogens is 5. The summed E-state index contributed by atoms with van der Waals surface area (Å²) < 4.78 is 42.8. The molecule has 0 saturated carbocycles. The van der Waals surface area contributed by atoms with Crippen LogP contribution in [-0.4, -0.2) is 97.9 Å². The highest BCUT2D eigenvalue weighted by Gasteiger charge is 2.49. The molecule has 6 heterocycles. The first-order valence-corrected chi connectivity index (χ1v) is 17.6. The molecule has 0 aliphatic carbocycles. The SMILES string of the molecule is Cc1noc(/C=C/C(=O)N2CCN(c3nc(OCC45CCCN4C[C@H](F)C5)nc4c(F)c(-c5cccc6cccc(Cl)c56)ncc34)C[C@@H]2CC#N)n1. The normalized spacial score (nSPS) is 22.1. The number of carbonyl (C=O) groups excluding carboxylic acids is 1. The number of alkyl halides is 1. The minimum atomic E-state index is -0.947. The maximum atomic E-state index is 16.9. The van der Waals surface area contributed by atoms with Crippen LogP contribution in [0.2, 0.25) is 5.02 Å². The van der Waals surface area contributed by atoms with E-state index in [1.54, 1.807) is 24.0 Å². The number of rotatable bonds is 8. The van der Waals surface area contributed by atoms with Crippen molar-refractivity contribution in [3.8, 4) is 23.3 Å². The minimum Gasteiger partial charge on any atom is -0.461 e. The Kier molecular flexibility index (Phi) is 8.92. The van der Waals surface area contributed by atoms with E-state index in [1.807, 2.05) is 29.2 Å². The van der Waals surface area contributed by atoms with Crippen molar-refractivity contribution in [2.45, 2.75) is 50.4 Å². The number of ether oxygens (including phenoxy) is 1. The Labute approximate surface area is 302 Å². The summed E-state index contributed by atoms with van der Waals surface area (Å²) in [6.45, 7) is 3.77. The molecule has 52 heavy (non-hydrogen) atoms. The highest BCUT2D eigenvalue weighted by atomic mass is 35.5. The van der Waals surface area contributed by atoms with Gasteiger partial charge in [0.15, 0.2) is 11.6 Å². The lowest BCUT2D eigenvalue weighted by Gasteiger charge is -2.41. The van der Waals surface area contributed by atoms with Crippen molar-refractivity contribution in [1.29, 1.82) is 5.26 Å². The zero-order valence-corrected chi connectivity index (χ0v) is 29.1. The van der Waals surface area contributed by atoms with E-state index in [2.05, 4.69) is 31.1 Å². The number of fused-ring (bicyclic) bond motifs is 3. The van der Waals surface area contributed by atoms with Gasteiger partial charge in [-0.2, -0.15) is 20.2 Å². The molecular formula is C37H34ClF2N9O3. The van der Waals surface area contributed by atoms with Gasteiger partial charge in [0.05, 0.1) is 29.5 Å². The molecule has 0 bridgehead atoms. The van der Waals surface area contributed by atoms with E-state index in [0.29, 0.717) is 52.5 Å². The predicted octanol–water partition coefficient (Wildman–Crippen LogP) is 5.93. The molecule has 266 valence electrons. The summed E-state index contributed by atoms with van der Waals surface area (Å²) in [4.78, 5) is 37.0. The third-order valence-corrected chi connectivity index (χ3v) is 10.6. The standard InChI is InChI=1S/C37H34ClF2N9O3/c1-22-43-29(52-46-22)9-10-30(50)49-16-15-47(20-25(49)11-13-41)35-27-18-42-33(26-7-2-5-23-6-3-8-28(38)31(23)26)32(40)34(27)44-36(45-35)51-21-37-12-4-14-48(37)19-24(39)17-37/h2-3,5-10,18,24-25H,4,11-12,14-17,19-21H2,1H3/b10-9+/t24-,25+,37?/m1/s1. The van der Waals surface area contributed by atoms with Gasteiger partial charge in [0.25, 0.3) is 5.89 Å². The number of anilines is 1. The van der Waals surface area contributed by atoms with Crippen molar-refractivity contribution in [2.75, 3.05) is 44.2 Å². The van der Waals surface area contributed by atoms with Gasteiger partial charge in [0, 0.05) is 66.9 Å². The number of benzene rings is 2. The van der Waals surface area contributed by atoms with Gasteiger partial charge in [-0.05, 0) is 37.8 Å². The molecule has 2 aromatic carbocycles. The number of hydrogen-bond donors (Lipinski definition) is 0. The van der Waals surface area contributed by atoms with Crippen LogP contribution in [0.1, 0.15) is 37.4 Å². The van der Waals surface area contributed by atoms with Crippen LogP contribution in [0.15, 0.2) is 53.2 Å². The first kappa shape index (κ1) is 33.9. The predicted molar refractivity (Wildman–Crippen MR) is 190 cm³/mol. The second-order valence-corrected chi connectivity index (χ2v) is 13.9. The fraction of sp³-hybridized carbons (Fsp3) is 0.378. The van der Waals surface area contributed by atoms with E-state index >= 15 is 4.39 Å². The third-order valence-electron chi connectivity index (χ3n) is 10.3. The average molecular weight is 726 g/mol. The lowest BCUT2D eigenvalue weighted by Crippen LogP contribution is -2.55. The molecule has 3 atom stereocenters. The number of nitrogens with zero attached hydrogens (tertiary/aromatic N) is 9. The van der Waals surface area contributed by atoms with Gasteiger partial charge in [0.2, 0.25) is 5.91 Å². The maximum Gasteiger partial charge on any atom is 0.319 e. The summed E-state index contributed by atoms with van der Waals surface area (Å²) in [7, 11) is 0. The third kappa shape index (κ3) is 6.17. The summed E-state index contributed by atoms with van der Waals surface area (Å²) in [5.41, 5.74) is 0.101. The molecule has 0 radical (unpaired) electrons. The summed E-state index contributed by atoms with van der Waals surface area (Å²) in [6.07, 6.45) is 5.49. The smallest absolute Gasteiger partial charge is 0.319 e. The van der Waals surface area contributed by atoms with Crippen LogP contribution in [0.4, 0.5) is 14.6 Å². The van der Waals surface area contributed by atoms with E-state index in [0.717, 1.165) is 24.8 Å². The first-order valence-electron chi connectivity index (χ1n) is 17.2. The highest BCUT2D eigenvalue weighted by molar-refractivity contribution is 6.36. The molecule has 1 unspecified atom stereocenters. The zero-order valence-electron chi connectivity index (χ0n) is 28.3. The largest absolute Gasteiger partial charge is 0.461 e. The quantitative estimate of drug-likeness (QED) is 0.176. The van der Waals surface area contributed by atoms with Crippen LogP contribution < -0.4 is 9.64 Å². The molecule has 3 aliphatic heterocycles. The number of nitriles is 1. The molecule has 3 fully saturated rings. The summed E-state index contributed by atoms with van der Waals surface area (Å²) in [6, 6.07) is 12.6. The van der Waals surface area contributed by atoms with Gasteiger partial charge in [-0.25, -0.2) is 8.78 Å². The second kappa shape index (κ2) is 13.7. The van der Waals surface area contributed by atoms with E-state index in [9.17, 15) is 14.4 Å². The van der Waals surface area contributed by atoms with Gasteiger partial charge in [-0.15, -0.1) is 0 Å². The number of halogens is 3. The van der Waals surface area contributed by atoms with E-state index < -0.39 is 23.6 Å². The maximum absolute atomic E-state index is 16.9. The molecule has 15 heteroatoms. The van der Waals surface area contributed by atoms with Gasteiger partial charge < -0.3 is 19.1 Å². The topological polar surface area (TPSA) is 137 Å². The lowest BCUT2D eigenvalue weighted by molar-refractivity contribution is -0.128. The summed E-state index contributed by atoms with van der Waals surface area (Å²) in [5.74, 6) is 0.00358. The molecule has 0 N–H and O–H groups in total. The summed E-state index contributed by atoms with van der Waals surface area (Å²) >= 11 is 6.62. The van der Waals surface area contributed by atoms with Crippen LogP contribution in [0.5, 0.6) is 6.01 Å². The number of pyridine rings is 1. The fourth-order valence-electron chi connectivity index (χ4n) is 7.89. The van der Waals surface area contributed by atoms with Crippen molar-refractivity contribution in [3.63, 3.8) is 0 Å². The molecular weight excluding hydrogens is 692 g/mol. The van der Waals surface area contributed by atoms with Crippen LogP contribution in [0.3, 0.4) is 0 Å². The average Bonchev–Trinajstić information content (AvgIpc) is 3.83. The Morgan fingerprint density at radius 2 is 2.02 bits per heavy atom. The summed E-state index contributed by atoms with van der Waals surface area (Å²) in [5, 5.41) is 15.8. The minimum absolute atomic E-state index is 0.00209. The number of carbonyl (C=O) groups is 1. The van der Waals surface area contributed by atoms with E-state index in [1.165, 1.54) is 18.3 Å². The van der Waals surface area contributed by atoms with Gasteiger partial charge in [-0.3, -0.25) is 14.7 Å². The Balaban J connectivity index is 1.17. The molecule has 12 nitrogen and oxygen atoms in total. The molecule has 5 aromatic rings. The van der Waals surface area contributed by atoms with Crippen molar-refractivity contribution >= 4 is 51.1 Å². The number of aryl methyl sites for hydroxylation is 1. The first-order chi connectivity index (χ1) is 25.2. The van der Waals surface area contributed by atoms with Crippen molar-refractivity contribution < 1.29 is 22.8 Å². The van der Waals surface area contributed by atoms with Crippen molar-refractivity contribution in [2.24, 2.45) is 0 Å². The van der Waals surface area contributed by atoms with Crippen LogP contribution in [0, 0.1) is 24.1 Å². The van der Waals surface area contributed by atoms with Crippen LogP contribution in [0.25, 0.3) is 39.0 Å². The molecule has 8 rings (SSSR count). The van der Waals surface area contributed by atoms with E-state index in [-0.39, 0.29) is 55.1 Å². The molecule has 0 spiro atoms. The molecule has 1 amide bonds. The van der Waals surface area contributed by atoms with Crippen molar-refractivity contribution in [1.82, 2.24) is 34.9 Å². The van der Waals surface area contributed by atoms with Crippen molar-refractivity contribution in [3.05, 3.63) is 71.2 Å². The van der Waals surface area contributed by atoms with Crippen LogP contribution >= 0.6 is 11.6 Å². The van der Waals surface area contributed by atoms with Gasteiger partial charge >= 0.3 is 6.01 Å². The number of hydrogen-bond acceptors (Lipinski definition) is 11. The Morgan fingerprint density at radius 1 is 1.17 bits per heavy atom. The van der Waals surface area contributed by atoms with Crippen LogP contribution in [-0.2, 0) is 4.79 Å². The second-order valence-electron chi connectivity index (χ2n) is 13.5. The molecule has 3 aliphatic rings. The van der Waals surface area contributed by atoms with Gasteiger partial charge in [-0.1, -0.05) is 47.1 Å². The van der Waals surface area contributed by atoms with Gasteiger partial charge in [0.1, 0.15) is 29.8 Å². The monoisotopic (exact) mass is 725 g/mol. The fourth-order valence-corrected chi connectivity index (χ4v) is 8.18.